The lowest BCUT2D eigenvalue weighted by atomic mass is 10.1. The standard InChI is InChI=1S/C31H36FN3O6S/c1-3-5-17-33-31(37)27(4-2)34(21-23-11-13-24(32)14-12-23)30(36)22-35(42(38,39)26-9-7-6-8-10-26)25-15-16-28-29(20-25)41-19-18-40-28/h6-16,20,27H,3-5,17-19,21-22H2,1-2H3,(H,33,37)/t27-/m0/s1. The Morgan fingerprint density at radius 2 is 1.64 bits per heavy atom. The first kappa shape index (κ1) is 30.8. The van der Waals surface area contributed by atoms with Crippen molar-refractivity contribution in [3.8, 4) is 11.5 Å². The highest BCUT2D eigenvalue weighted by molar-refractivity contribution is 7.92. The molecule has 0 radical (unpaired) electrons. The van der Waals surface area contributed by atoms with Gasteiger partial charge in [0.2, 0.25) is 11.8 Å². The van der Waals surface area contributed by atoms with Crippen molar-refractivity contribution in [3.05, 3.63) is 84.2 Å². The van der Waals surface area contributed by atoms with E-state index in [9.17, 15) is 22.4 Å². The maximum absolute atomic E-state index is 14.1. The summed E-state index contributed by atoms with van der Waals surface area (Å²) in [6.07, 6.45) is 1.96. The molecular formula is C31H36FN3O6S. The molecule has 1 N–H and O–H groups in total. The summed E-state index contributed by atoms with van der Waals surface area (Å²) in [7, 11) is -4.22. The fourth-order valence-corrected chi connectivity index (χ4v) is 6.07. The van der Waals surface area contributed by atoms with Gasteiger partial charge in [0.05, 0.1) is 10.6 Å². The monoisotopic (exact) mass is 597 g/mol. The van der Waals surface area contributed by atoms with E-state index in [-0.39, 0.29) is 23.0 Å². The van der Waals surface area contributed by atoms with Gasteiger partial charge in [-0.2, -0.15) is 0 Å². The van der Waals surface area contributed by atoms with Gasteiger partial charge in [0.1, 0.15) is 31.6 Å². The van der Waals surface area contributed by atoms with Crippen LogP contribution >= 0.6 is 0 Å². The number of nitrogens with zero attached hydrogens (tertiary/aromatic N) is 2. The van der Waals surface area contributed by atoms with Crippen molar-refractivity contribution >= 4 is 27.5 Å². The van der Waals surface area contributed by atoms with Crippen LogP contribution in [0.1, 0.15) is 38.7 Å². The largest absolute Gasteiger partial charge is 0.486 e. The molecule has 0 spiro atoms. The number of nitrogens with one attached hydrogen (secondary N) is 1. The summed E-state index contributed by atoms with van der Waals surface area (Å²) in [6.45, 7) is 4.32. The van der Waals surface area contributed by atoms with Crippen LogP contribution in [0.2, 0.25) is 0 Å². The summed E-state index contributed by atoms with van der Waals surface area (Å²) in [5.41, 5.74) is 0.806. The summed E-state index contributed by atoms with van der Waals surface area (Å²) in [5.74, 6) is -0.519. The Hall–Kier alpha value is -4.12. The van der Waals surface area contributed by atoms with E-state index in [1.807, 2.05) is 6.92 Å². The predicted octanol–water partition coefficient (Wildman–Crippen LogP) is 4.52. The van der Waals surface area contributed by atoms with Gasteiger partial charge in [-0.05, 0) is 54.8 Å². The summed E-state index contributed by atoms with van der Waals surface area (Å²) in [5, 5.41) is 2.89. The molecule has 224 valence electrons. The number of unbranched alkanes of at least 4 members (excludes halogenated alkanes) is 1. The molecule has 2 amide bonds. The molecule has 1 heterocycles. The lowest BCUT2D eigenvalue weighted by Gasteiger charge is -2.33. The van der Waals surface area contributed by atoms with Crippen LogP contribution in [0.25, 0.3) is 0 Å². The van der Waals surface area contributed by atoms with Gasteiger partial charge in [-0.25, -0.2) is 12.8 Å². The van der Waals surface area contributed by atoms with Gasteiger partial charge in [0.15, 0.2) is 11.5 Å². The molecule has 0 fully saturated rings. The maximum Gasteiger partial charge on any atom is 0.264 e. The number of anilines is 1. The minimum Gasteiger partial charge on any atom is -0.486 e. The van der Waals surface area contributed by atoms with Crippen molar-refractivity contribution in [2.45, 2.75) is 50.6 Å². The third kappa shape index (κ3) is 7.39. The summed E-state index contributed by atoms with van der Waals surface area (Å²) in [6, 6.07) is 17.3. The second-order valence-electron chi connectivity index (χ2n) is 9.87. The smallest absolute Gasteiger partial charge is 0.264 e. The van der Waals surface area contributed by atoms with Crippen molar-refractivity contribution in [2.75, 3.05) is 30.6 Å². The van der Waals surface area contributed by atoms with Gasteiger partial charge in [-0.3, -0.25) is 13.9 Å². The van der Waals surface area contributed by atoms with E-state index in [0.29, 0.717) is 43.2 Å². The SMILES string of the molecule is CCCCNC(=O)[C@H](CC)N(Cc1ccc(F)cc1)C(=O)CN(c1ccc2c(c1)OCCO2)S(=O)(=O)c1ccccc1. The molecule has 9 nitrogen and oxygen atoms in total. The molecule has 42 heavy (non-hydrogen) atoms. The molecule has 1 atom stereocenters. The number of hydrogen-bond acceptors (Lipinski definition) is 6. The first-order chi connectivity index (χ1) is 20.2. The molecular weight excluding hydrogens is 561 g/mol. The van der Waals surface area contributed by atoms with Crippen molar-refractivity contribution < 1.29 is 31.9 Å². The van der Waals surface area contributed by atoms with Gasteiger partial charge in [-0.1, -0.05) is 50.6 Å². The van der Waals surface area contributed by atoms with Crippen molar-refractivity contribution in [2.24, 2.45) is 0 Å². The number of rotatable bonds is 13. The van der Waals surface area contributed by atoms with E-state index in [4.69, 9.17) is 9.47 Å². The van der Waals surface area contributed by atoms with Crippen LogP contribution in [-0.4, -0.2) is 57.5 Å². The minimum atomic E-state index is -4.22. The van der Waals surface area contributed by atoms with Crippen LogP contribution < -0.4 is 19.1 Å². The molecule has 3 aromatic rings. The number of fused-ring (bicyclic) bond motifs is 1. The highest BCUT2D eigenvalue weighted by Gasteiger charge is 2.34. The van der Waals surface area contributed by atoms with E-state index in [1.165, 1.54) is 47.4 Å². The molecule has 0 aliphatic carbocycles. The van der Waals surface area contributed by atoms with Crippen LogP contribution in [0.5, 0.6) is 11.5 Å². The van der Waals surface area contributed by atoms with Crippen LogP contribution in [0.15, 0.2) is 77.7 Å². The fourth-order valence-electron chi connectivity index (χ4n) is 4.65. The highest BCUT2D eigenvalue weighted by Crippen LogP contribution is 2.36. The molecule has 0 unspecified atom stereocenters. The molecule has 11 heteroatoms. The molecule has 4 rings (SSSR count). The Bertz CT molecular complexity index is 1470. The number of ether oxygens (including phenoxy) is 2. The Kier molecular flexibility index (Phi) is 10.4. The topological polar surface area (TPSA) is 105 Å². The Balaban J connectivity index is 1.72. The van der Waals surface area contributed by atoms with Gasteiger partial charge in [-0.15, -0.1) is 0 Å². The fraction of sp³-hybridized carbons (Fsp3) is 0.355. The van der Waals surface area contributed by atoms with Gasteiger partial charge >= 0.3 is 0 Å². The van der Waals surface area contributed by atoms with E-state index >= 15 is 0 Å². The Morgan fingerprint density at radius 1 is 0.952 bits per heavy atom. The van der Waals surface area contributed by atoms with E-state index in [2.05, 4.69) is 5.32 Å². The van der Waals surface area contributed by atoms with Crippen LogP contribution in [0.4, 0.5) is 10.1 Å². The molecule has 0 aromatic heterocycles. The summed E-state index contributed by atoms with van der Waals surface area (Å²) in [4.78, 5) is 28.7. The highest BCUT2D eigenvalue weighted by atomic mass is 32.2. The molecule has 1 aliphatic heterocycles. The number of amides is 2. The first-order valence-electron chi connectivity index (χ1n) is 14.0. The van der Waals surface area contributed by atoms with E-state index < -0.39 is 34.3 Å². The van der Waals surface area contributed by atoms with Crippen molar-refractivity contribution in [1.29, 1.82) is 0 Å². The second kappa shape index (κ2) is 14.2. The number of sulfonamides is 1. The zero-order valence-corrected chi connectivity index (χ0v) is 24.6. The lowest BCUT2D eigenvalue weighted by Crippen LogP contribution is -2.52. The summed E-state index contributed by atoms with van der Waals surface area (Å²) < 4.78 is 53.9. The van der Waals surface area contributed by atoms with Crippen LogP contribution in [-0.2, 0) is 26.2 Å². The van der Waals surface area contributed by atoms with Gasteiger partial charge < -0.3 is 19.7 Å². The molecule has 0 saturated carbocycles. The van der Waals surface area contributed by atoms with Gasteiger partial charge in [0.25, 0.3) is 10.0 Å². The zero-order chi connectivity index (χ0) is 30.1. The zero-order valence-electron chi connectivity index (χ0n) is 23.8. The van der Waals surface area contributed by atoms with Crippen LogP contribution in [0.3, 0.4) is 0 Å². The van der Waals surface area contributed by atoms with Gasteiger partial charge in [0, 0.05) is 19.2 Å². The number of benzene rings is 3. The van der Waals surface area contributed by atoms with Crippen molar-refractivity contribution in [3.63, 3.8) is 0 Å². The quantitative estimate of drug-likeness (QED) is 0.291. The third-order valence-electron chi connectivity index (χ3n) is 6.91. The van der Waals surface area contributed by atoms with Crippen LogP contribution in [0, 0.1) is 5.82 Å². The first-order valence-corrected chi connectivity index (χ1v) is 15.5. The van der Waals surface area contributed by atoms with E-state index in [0.717, 1.165) is 17.1 Å². The molecule has 3 aromatic carbocycles. The summed E-state index contributed by atoms with van der Waals surface area (Å²) >= 11 is 0. The second-order valence-corrected chi connectivity index (χ2v) is 11.7. The average Bonchev–Trinajstić information content (AvgIpc) is 3.01. The molecule has 1 aliphatic rings. The number of carbonyl (C=O) groups excluding carboxylic acids is 2. The number of carbonyl (C=O) groups is 2. The number of halogens is 1. The Morgan fingerprint density at radius 3 is 2.31 bits per heavy atom. The number of hydrogen-bond donors (Lipinski definition) is 1. The minimum absolute atomic E-state index is 0.00197. The Labute approximate surface area is 246 Å². The average molecular weight is 598 g/mol. The molecule has 0 saturated heterocycles. The maximum atomic E-state index is 14.1. The third-order valence-corrected chi connectivity index (χ3v) is 8.69. The molecule has 0 bridgehead atoms. The lowest BCUT2D eigenvalue weighted by molar-refractivity contribution is -0.140. The van der Waals surface area contributed by atoms with Crippen molar-refractivity contribution in [1.82, 2.24) is 10.2 Å². The predicted molar refractivity (Wildman–Crippen MR) is 157 cm³/mol. The van der Waals surface area contributed by atoms with E-state index in [1.54, 1.807) is 37.3 Å². The normalized spacial score (nSPS) is 13.2.